The van der Waals surface area contributed by atoms with Crippen molar-refractivity contribution in [3.05, 3.63) is 30.1 Å². The van der Waals surface area contributed by atoms with Crippen molar-refractivity contribution in [2.24, 2.45) is 0 Å². The second-order valence-electron chi connectivity index (χ2n) is 4.73. The molecule has 3 heteroatoms. The lowest BCUT2D eigenvalue weighted by Crippen LogP contribution is -2.28. The molecular weight excluding hydrogens is 222 g/mol. The lowest BCUT2D eigenvalue weighted by molar-refractivity contribution is 0.265. The van der Waals surface area contributed by atoms with E-state index in [1.807, 2.05) is 12.3 Å². The van der Waals surface area contributed by atoms with Gasteiger partial charge in [-0.05, 0) is 51.5 Å². The third kappa shape index (κ3) is 5.61. The Balaban J connectivity index is 2.29. The Morgan fingerprint density at radius 1 is 1.33 bits per heavy atom. The summed E-state index contributed by atoms with van der Waals surface area (Å²) in [6.07, 6.45) is 5.59. The predicted octanol–water partition coefficient (Wildman–Crippen LogP) is 2.68. The lowest BCUT2D eigenvalue weighted by Gasteiger charge is -2.21. The molecule has 1 N–H and O–H groups in total. The van der Waals surface area contributed by atoms with Crippen molar-refractivity contribution < 1.29 is 0 Å². The summed E-state index contributed by atoms with van der Waals surface area (Å²) < 4.78 is 0. The molecule has 1 aromatic rings. The van der Waals surface area contributed by atoms with Gasteiger partial charge in [0.15, 0.2) is 0 Å². The number of pyridine rings is 1. The second-order valence-corrected chi connectivity index (χ2v) is 4.73. The van der Waals surface area contributed by atoms with Gasteiger partial charge in [0.2, 0.25) is 0 Å². The minimum absolute atomic E-state index is 0.665. The van der Waals surface area contributed by atoms with Gasteiger partial charge in [-0.15, -0.1) is 0 Å². The van der Waals surface area contributed by atoms with Crippen LogP contribution < -0.4 is 5.32 Å². The number of aromatic nitrogens is 1. The molecule has 0 aliphatic rings. The van der Waals surface area contributed by atoms with Gasteiger partial charge in [-0.1, -0.05) is 19.9 Å². The second kappa shape index (κ2) is 9.06. The van der Waals surface area contributed by atoms with Gasteiger partial charge in [0.1, 0.15) is 0 Å². The van der Waals surface area contributed by atoms with Crippen LogP contribution in [0.2, 0.25) is 0 Å². The van der Waals surface area contributed by atoms with E-state index in [0.717, 1.165) is 19.6 Å². The molecule has 102 valence electrons. The molecule has 1 atom stereocenters. The molecule has 3 nitrogen and oxygen atoms in total. The molecule has 0 radical (unpaired) electrons. The van der Waals surface area contributed by atoms with Gasteiger partial charge in [-0.2, -0.15) is 0 Å². The quantitative estimate of drug-likeness (QED) is 0.729. The molecule has 0 saturated heterocycles. The minimum Gasteiger partial charge on any atom is -0.317 e. The monoisotopic (exact) mass is 249 g/mol. The average Bonchev–Trinajstić information content (AvgIpc) is 2.43. The number of hydrogen-bond donors (Lipinski definition) is 1. The van der Waals surface area contributed by atoms with Crippen LogP contribution in [0.15, 0.2) is 24.4 Å². The fraction of sp³-hybridized carbons (Fsp3) is 0.667. The van der Waals surface area contributed by atoms with Gasteiger partial charge in [0.25, 0.3) is 0 Å². The van der Waals surface area contributed by atoms with Gasteiger partial charge < -0.3 is 5.32 Å². The van der Waals surface area contributed by atoms with Crippen LogP contribution in [0.25, 0.3) is 0 Å². The van der Waals surface area contributed by atoms with E-state index in [4.69, 9.17) is 0 Å². The van der Waals surface area contributed by atoms with Crippen LogP contribution in [0, 0.1) is 0 Å². The molecule has 18 heavy (non-hydrogen) atoms. The van der Waals surface area contributed by atoms with E-state index in [1.54, 1.807) is 0 Å². The summed E-state index contributed by atoms with van der Waals surface area (Å²) in [5.41, 5.74) is 1.17. The third-order valence-corrected chi connectivity index (χ3v) is 3.49. The van der Waals surface area contributed by atoms with E-state index in [-0.39, 0.29) is 0 Å². The molecule has 0 fully saturated rings. The lowest BCUT2D eigenvalue weighted by atomic mass is 10.1. The first-order chi connectivity index (χ1) is 8.80. The van der Waals surface area contributed by atoms with E-state index in [1.165, 1.54) is 25.0 Å². The van der Waals surface area contributed by atoms with Gasteiger partial charge in [-0.25, -0.2) is 0 Å². The summed E-state index contributed by atoms with van der Waals surface area (Å²) in [7, 11) is 2.06. The van der Waals surface area contributed by atoms with Gasteiger partial charge in [0.05, 0.1) is 5.69 Å². The molecule has 1 aromatic heterocycles. The van der Waals surface area contributed by atoms with E-state index >= 15 is 0 Å². The maximum Gasteiger partial charge on any atom is 0.0543 e. The van der Waals surface area contributed by atoms with Crippen LogP contribution in [0.5, 0.6) is 0 Å². The summed E-state index contributed by atoms with van der Waals surface area (Å²) >= 11 is 0. The number of hydrogen-bond acceptors (Lipinski definition) is 3. The fourth-order valence-corrected chi connectivity index (χ4v) is 2.18. The zero-order valence-corrected chi connectivity index (χ0v) is 12.0. The fourth-order valence-electron chi connectivity index (χ4n) is 2.18. The summed E-state index contributed by atoms with van der Waals surface area (Å²) in [6.45, 7) is 7.68. The zero-order valence-electron chi connectivity index (χ0n) is 12.0. The van der Waals surface area contributed by atoms with Crippen molar-refractivity contribution in [1.29, 1.82) is 0 Å². The van der Waals surface area contributed by atoms with Crippen LogP contribution >= 0.6 is 0 Å². The van der Waals surface area contributed by atoms with E-state index in [2.05, 4.69) is 48.2 Å². The first-order valence-corrected chi connectivity index (χ1v) is 7.09. The maximum absolute atomic E-state index is 4.39. The standard InChI is InChI=1S/C15H27N3/c1-4-14(16-3)10-8-12-18(5-2)13-15-9-6-7-11-17-15/h6-7,9,11,14,16H,4-5,8,10,12-13H2,1-3H3. The summed E-state index contributed by atoms with van der Waals surface area (Å²) in [5, 5.41) is 3.36. The summed E-state index contributed by atoms with van der Waals surface area (Å²) in [5.74, 6) is 0. The predicted molar refractivity (Wildman–Crippen MR) is 77.6 cm³/mol. The highest BCUT2D eigenvalue weighted by Crippen LogP contribution is 2.06. The minimum atomic E-state index is 0.665. The van der Waals surface area contributed by atoms with Gasteiger partial charge in [-0.3, -0.25) is 9.88 Å². The van der Waals surface area contributed by atoms with Crippen molar-refractivity contribution in [2.75, 3.05) is 20.1 Å². The van der Waals surface area contributed by atoms with Gasteiger partial charge >= 0.3 is 0 Å². The van der Waals surface area contributed by atoms with E-state index < -0.39 is 0 Å². The molecule has 1 rings (SSSR count). The largest absolute Gasteiger partial charge is 0.317 e. The SMILES string of the molecule is CCC(CCCN(CC)Cc1ccccn1)NC. The van der Waals surface area contributed by atoms with Crippen LogP contribution in [0.4, 0.5) is 0 Å². The molecule has 0 spiro atoms. The average molecular weight is 249 g/mol. The number of nitrogens with one attached hydrogen (secondary N) is 1. The van der Waals surface area contributed by atoms with Crippen molar-refractivity contribution in [3.63, 3.8) is 0 Å². The topological polar surface area (TPSA) is 28.2 Å². The Labute approximate surface area is 112 Å². The molecule has 0 aliphatic carbocycles. The molecule has 0 amide bonds. The molecule has 0 bridgehead atoms. The summed E-state index contributed by atoms with van der Waals surface area (Å²) in [6, 6.07) is 6.80. The first-order valence-electron chi connectivity index (χ1n) is 7.09. The molecule has 0 aromatic carbocycles. The molecule has 1 heterocycles. The highest BCUT2D eigenvalue weighted by Gasteiger charge is 2.07. The highest BCUT2D eigenvalue weighted by molar-refractivity contribution is 5.03. The van der Waals surface area contributed by atoms with Crippen molar-refractivity contribution >= 4 is 0 Å². The maximum atomic E-state index is 4.39. The Morgan fingerprint density at radius 3 is 2.72 bits per heavy atom. The molecule has 0 aliphatic heterocycles. The molecule has 1 unspecified atom stereocenters. The van der Waals surface area contributed by atoms with Crippen LogP contribution in [-0.2, 0) is 6.54 Å². The van der Waals surface area contributed by atoms with E-state index in [9.17, 15) is 0 Å². The Hall–Kier alpha value is -0.930. The first kappa shape index (κ1) is 15.1. The van der Waals surface area contributed by atoms with Crippen molar-refractivity contribution in [2.45, 2.75) is 45.7 Å². The molecular formula is C15H27N3. The smallest absolute Gasteiger partial charge is 0.0543 e. The Bertz CT molecular complexity index is 296. The van der Waals surface area contributed by atoms with Crippen molar-refractivity contribution in [1.82, 2.24) is 15.2 Å². The number of rotatable bonds is 9. The molecule has 0 saturated carbocycles. The highest BCUT2D eigenvalue weighted by atomic mass is 15.1. The van der Waals surface area contributed by atoms with Crippen LogP contribution in [0.1, 0.15) is 38.8 Å². The van der Waals surface area contributed by atoms with Gasteiger partial charge in [0, 0.05) is 18.8 Å². The zero-order chi connectivity index (χ0) is 13.2. The van der Waals surface area contributed by atoms with Crippen LogP contribution in [-0.4, -0.2) is 36.1 Å². The third-order valence-electron chi connectivity index (χ3n) is 3.49. The number of nitrogens with zero attached hydrogens (tertiary/aromatic N) is 2. The summed E-state index contributed by atoms with van der Waals surface area (Å²) in [4.78, 5) is 6.85. The van der Waals surface area contributed by atoms with Crippen LogP contribution in [0.3, 0.4) is 0 Å². The van der Waals surface area contributed by atoms with Crippen molar-refractivity contribution in [3.8, 4) is 0 Å². The Morgan fingerprint density at radius 2 is 2.17 bits per heavy atom. The van der Waals surface area contributed by atoms with E-state index in [0.29, 0.717) is 6.04 Å². The Kier molecular flexibility index (Phi) is 7.62. The normalized spacial score (nSPS) is 12.9.